The van der Waals surface area contributed by atoms with E-state index in [0.717, 1.165) is 27.8 Å². The van der Waals surface area contributed by atoms with Crippen LogP contribution in [0.15, 0.2) is 53.0 Å². The third kappa shape index (κ3) is 4.68. The van der Waals surface area contributed by atoms with E-state index in [4.69, 9.17) is 0 Å². The van der Waals surface area contributed by atoms with E-state index in [1.165, 1.54) is 6.92 Å². The largest absolute Gasteiger partial charge is 0.325 e. The Balaban J connectivity index is 2.05. The van der Waals surface area contributed by atoms with Crippen LogP contribution < -0.4 is 10.2 Å². The van der Waals surface area contributed by atoms with Gasteiger partial charge in [0.1, 0.15) is 0 Å². The molecule has 126 valence electrons. The molecule has 2 amide bonds. The Labute approximate surface area is 151 Å². The minimum Gasteiger partial charge on any atom is -0.325 e. The van der Waals surface area contributed by atoms with Crippen LogP contribution in [0.4, 0.5) is 11.4 Å². The Kier molecular flexibility index (Phi) is 6.55. The highest BCUT2D eigenvalue weighted by molar-refractivity contribution is 9.10. The molecule has 0 aliphatic carbocycles. The fraction of sp³-hybridized carbons (Fsp3) is 0.263. The standard InChI is InChI=1S/C19H21BrN2O2/c1-3-15-8-4-7-11-18(15)22(14(2)23)13-12-19(24)21-17-10-6-5-9-16(17)20/h4-11H,3,12-13H2,1-2H3,(H,21,24). The van der Waals surface area contributed by atoms with E-state index in [1.54, 1.807) is 4.90 Å². The highest BCUT2D eigenvalue weighted by Gasteiger charge is 2.16. The Hall–Kier alpha value is -2.14. The van der Waals surface area contributed by atoms with Crippen LogP contribution in [0, 0.1) is 0 Å². The van der Waals surface area contributed by atoms with Gasteiger partial charge in [-0.1, -0.05) is 37.3 Å². The number of benzene rings is 2. The number of hydrogen-bond acceptors (Lipinski definition) is 2. The molecule has 2 aromatic carbocycles. The zero-order valence-electron chi connectivity index (χ0n) is 13.9. The third-order valence-electron chi connectivity index (χ3n) is 3.75. The summed E-state index contributed by atoms with van der Waals surface area (Å²) in [6, 6.07) is 15.2. The number of nitrogens with zero attached hydrogens (tertiary/aromatic N) is 1. The zero-order valence-corrected chi connectivity index (χ0v) is 15.5. The Morgan fingerprint density at radius 2 is 1.75 bits per heavy atom. The van der Waals surface area contributed by atoms with Crippen LogP contribution in [0.1, 0.15) is 25.8 Å². The lowest BCUT2D eigenvalue weighted by Gasteiger charge is -2.23. The summed E-state index contributed by atoms with van der Waals surface area (Å²) in [5.74, 6) is -0.188. The van der Waals surface area contributed by atoms with Crippen LogP contribution in [0.2, 0.25) is 0 Å². The van der Waals surface area contributed by atoms with Gasteiger partial charge in [-0.25, -0.2) is 0 Å². The van der Waals surface area contributed by atoms with E-state index < -0.39 is 0 Å². The molecule has 24 heavy (non-hydrogen) atoms. The summed E-state index contributed by atoms with van der Waals surface area (Å²) in [5, 5.41) is 2.86. The lowest BCUT2D eigenvalue weighted by molar-refractivity contribution is -0.117. The molecular formula is C19H21BrN2O2. The Morgan fingerprint density at radius 3 is 2.42 bits per heavy atom. The maximum atomic E-state index is 12.2. The molecule has 2 rings (SSSR count). The topological polar surface area (TPSA) is 49.4 Å². The van der Waals surface area contributed by atoms with E-state index in [1.807, 2.05) is 48.5 Å². The van der Waals surface area contributed by atoms with Crippen molar-refractivity contribution in [2.45, 2.75) is 26.7 Å². The molecule has 5 heteroatoms. The highest BCUT2D eigenvalue weighted by atomic mass is 79.9. The first-order valence-electron chi connectivity index (χ1n) is 7.93. The average Bonchev–Trinajstić information content (AvgIpc) is 2.57. The molecule has 0 aromatic heterocycles. The highest BCUT2D eigenvalue weighted by Crippen LogP contribution is 2.23. The fourth-order valence-electron chi connectivity index (χ4n) is 2.51. The number of carbonyl (C=O) groups is 2. The van der Waals surface area contributed by atoms with E-state index in [-0.39, 0.29) is 18.2 Å². The predicted octanol–water partition coefficient (Wildman–Crippen LogP) is 4.39. The van der Waals surface area contributed by atoms with Gasteiger partial charge in [-0.3, -0.25) is 9.59 Å². The van der Waals surface area contributed by atoms with Crippen molar-refractivity contribution >= 4 is 39.1 Å². The molecule has 4 nitrogen and oxygen atoms in total. The van der Waals surface area contributed by atoms with Crippen LogP contribution in [0.3, 0.4) is 0 Å². The number of para-hydroxylation sites is 2. The molecule has 2 aromatic rings. The molecule has 0 unspecified atom stereocenters. The SMILES string of the molecule is CCc1ccccc1N(CCC(=O)Nc1ccccc1Br)C(C)=O. The van der Waals surface area contributed by atoms with Crippen molar-refractivity contribution in [3.63, 3.8) is 0 Å². The number of anilines is 2. The third-order valence-corrected chi connectivity index (χ3v) is 4.45. The van der Waals surface area contributed by atoms with Crippen LogP contribution in [0.25, 0.3) is 0 Å². The van der Waals surface area contributed by atoms with Crippen molar-refractivity contribution < 1.29 is 9.59 Å². The summed E-state index contributed by atoms with van der Waals surface area (Å²) in [4.78, 5) is 25.9. The molecule has 0 heterocycles. The molecule has 0 aliphatic heterocycles. The average molecular weight is 389 g/mol. The molecule has 0 saturated carbocycles. The number of carbonyl (C=O) groups excluding carboxylic acids is 2. The van der Waals surface area contributed by atoms with Crippen LogP contribution in [-0.2, 0) is 16.0 Å². The monoisotopic (exact) mass is 388 g/mol. The number of aryl methyl sites for hydroxylation is 1. The molecule has 0 spiro atoms. The predicted molar refractivity (Wildman–Crippen MR) is 101 cm³/mol. The molecular weight excluding hydrogens is 368 g/mol. The molecule has 0 aliphatic rings. The van der Waals surface area contributed by atoms with Gasteiger partial charge >= 0.3 is 0 Å². The lowest BCUT2D eigenvalue weighted by atomic mass is 10.1. The van der Waals surface area contributed by atoms with E-state index in [9.17, 15) is 9.59 Å². The van der Waals surface area contributed by atoms with Crippen molar-refractivity contribution in [3.05, 3.63) is 58.6 Å². The fourth-order valence-corrected chi connectivity index (χ4v) is 2.89. The zero-order chi connectivity index (χ0) is 17.5. The minimum atomic E-state index is -0.123. The first-order chi connectivity index (χ1) is 11.5. The summed E-state index contributed by atoms with van der Waals surface area (Å²) in [7, 11) is 0. The number of hydrogen-bond donors (Lipinski definition) is 1. The molecule has 0 bridgehead atoms. The molecule has 1 N–H and O–H groups in total. The molecule has 0 radical (unpaired) electrons. The second-order valence-electron chi connectivity index (χ2n) is 5.43. The van der Waals surface area contributed by atoms with Crippen LogP contribution in [-0.4, -0.2) is 18.4 Å². The van der Waals surface area contributed by atoms with Crippen molar-refractivity contribution in [3.8, 4) is 0 Å². The van der Waals surface area contributed by atoms with E-state index in [0.29, 0.717) is 6.54 Å². The minimum absolute atomic E-state index is 0.0652. The smallest absolute Gasteiger partial charge is 0.226 e. The number of nitrogens with one attached hydrogen (secondary N) is 1. The first kappa shape index (κ1) is 18.2. The van der Waals surface area contributed by atoms with Crippen molar-refractivity contribution in [2.24, 2.45) is 0 Å². The second kappa shape index (κ2) is 8.64. The van der Waals surface area contributed by atoms with Gasteiger partial charge in [0, 0.05) is 30.0 Å². The van der Waals surface area contributed by atoms with Gasteiger partial charge < -0.3 is 10.2 Å². The maximum absolute atomic E-state index is 12.2. The van der Waals surface area contributed by atoms with Gasteiger partial charge in [0.05, 0.1) is 5.69 Å². The van der Waals surface area contributed by atoms with Crippen molar-refractivity contribution in [1.82, 2.24) is 0 Å². The van der Waals surface area contributed by atoms with Gasteiger partial charge in [0.25, 0.3) is 0 Å². The Bertz CT molecular complexity index is 731. The second-order valence-corrected chi connectivity index (χ2v) is 6.29. The first-order valence-corrected chi connectivity index (χ1v) is 8.72. The number of amides is 2. The Morgan fingerprint density at radius 1 is 1.08 bits per heavy atom. The molecule has 0 atom stereocenters. The van der Waals surface area contributed by atoms with Crippen LogP contribution in [0.5, 0.6) is 0 Å². The lowest BCUT2D eigenvalue weighted by Crippen LogP contribution is -2.32. The summed E-state index contributed by atoms with van der Waals surface area (Å²) < 4.78 is 0.832. The van der Waals surface area contributed by atoms with E-state index in [2.05, 4.69) is 28.2 Å². The van der Waals surface area contributed by atoms with Gasteiger partial charge in [-0.05, 0) is 46.1 Å². The van der Waals surface area contributed by atoms with Crippen LogP contribution >= 0.6 is 15.9 Å². The normalized spacial score (nSPS) is 10.3. The quantitative estimate of drug-likeness (QED) is 0.797. The van der Waals surface area contributed by atoms with Gasteiger partial charge in [0.15, 0.2) is 0 Å². The maximum Gasteiger partial charge on any atom is 0.226 e. The number of halogens is 1. The van der Waals surface area contributed by atoms with Crippen molar-refractivity contribution in [2.75, 3.05) is 16.8 Å². The van der Waals surface area contributed by atoms with Gasteiger partial charge in [0.2, 0.25) is 11.8 Å². The summed E-state index contributed by atoms with van der Waals surface area (Å²) in [6.07, 6.45) is 1.07. The van der Waals surface area contributed by atoms with Crippen molar-refractivity contribution in [1.29, 1.82) is 0 Å². The van der Waals surface area contributed by atoms with Gasteiger partial charge in [-0.15, -0.1) is 0 Å². The molecule has 0 saturated heterocycles. The van der Waals surface area contributed by atoms with E-state index >= 15 is 0 Å². The summed E-state index contributed by atoms with van der Waals surface area (Å²) in [5.41, 5.74) is 2.70. The molecule has 0 fully saturated rings. The summed E-state index contributed by atoms with van der Waals surface area (Å²) in [6.45, 7) is 3.93. The van der Waals surface area contributed by atoms with Gasteiger partial charge in [-0.2, -0.15) is 0 Å². The number of rotatable bonds is 6. The summed E-state index contributed by atoms with van der Waals surface area (Å²) >= 11 is 3.40.